The fourth-order valence-electron chi connectivity index (χ4n) is 3.14. The number of benzene rings is 2. The first-order valence-electron chi connectivity index (χ1n) is 9.85. The van der Waals surface area contributed by atoms with Crippen LogP contribution in [-0.2, 0) is 21.2 Å². The molecule has 0 fully saturated rings. The lowest BCUT2D eigenvalue weighted by atomic mass is 10.1. The van der Waals surface area contributed by atoms with Crippen LogP contribution in [0, 0.1) is 0 Å². The van der Waals surface area contributed by atoms with Gasteiger partial charge in [-0.25, -0.2) is 8.42 Å². The van der Waals surface area contributed by atoms with Crippen molar-refractivity contribution in [3.8, 4) is 11.5 Å². The number of para-hydroxylation sites is 1. The number of rotatable bonds is 12. The highest BCUT2D eigenvalue weighted by atomic mass is 32.2. The van der Waals surface area contributed by atoms with Crippen molar-refractivity contribution in [1.82, 2.24) is 5.32 Å². The maximum atomic E-state index is 12.2. The third-order valence-corrected chi connectivity index (χ3v) is 5.84. The van der Waals surface area contributed by atoms with Gasteiger partial charge in [0.05, 0.1) is 26.2 Å². The molecule has 0 aliphatic heterocycles. The second-order valence-electron chi connectivity index (χ2n) is 6.91. The van der Waals surface area contributed by atoms with Crippen molar-refractivity contribution in [2.75, 3.05) is 37.9 Å². The number of sulfonamides is 1. The lowest BCUT2D eigenvalue weighted by molar-refractivity contribution is -0.121. The second-order valence-corrected chi connectivity index (χ2v) is 8.81. The van der Waals surface area contributed by atoms with Crippen LogP contribution >= 0.6 is 0 Å². The molecular weight excluding hydrogens is 404 g/mol. The molecule has 0 heterocycles. The lowest BCUT2D eigenvalue weighted by Crippen LogP contribution is -2.32. The van der Waals surface area contributed by atoms with Gasteiger partial charge in [-0.05, 0) is 43.0 Å². The van der Waals surface area contributed by atoms with Gasteiger partial charge >= 0.3 is 0 Å². The number of nitrogens with zero attached hydrogens (tertiary/aromatic N) is 1. The molecule has 0 radical (unpaired) electrons. The fraction of sp³-hybridized carbons (Fsp3) is 0.409. The van der Waals surface area contributed by atoms with Crippen molar-refractivity contribution in [2.24, 2.45) is 0 Å². The summed E-state index contributed by atoms with van der Waals surface area (Å²) in [5.74, 6) is 1.34. The predicted molar refractivity (Wildman–Crippen MR) is 119 cm³/mol. The normalized spacial score (nSPS) is 11.0. The zero-order valence-electron chi connectivity index (χ0n) is 17.8. The summed E-state index contributed by atoms with van der Waals surface area (Å²) in [4.78, 5) is 12.1. The third-order valence-electron chi connectivity index (χ3n) is 4.64. The number of carbonyl (C=O) groups is 1. The van der Waals surface area contributed by atoms with Crippen LogP contribution < -0.4 is 19.1 Å². The maximum Gasteiger partial charge on any atom is 0.232 e. The minimum Gasteiger partial charge on any atom is -0.497 e. The van der Waals surface area contributed by atoms with Gasteiger partial charge in [0.15, 0.2) is 0 Å². The number of nitrogens with one attached hydrogen (secondary N) is 1. The molecule has 30 heavy (non-hydrogen) atoms. The Hall–Kier alpha value is -2.74. The molecule has 0 unspecified atom stereocenters. The number of aryl methyl sites for hydroxylation is 1. The van der Waals surface area contributed by atoms with Crippen molar-refractivity contribution in [2.45, 2.75) is 25.7 Å². The summed E-state index contributed by atoms with van der Waals surface area (Å²) >= 11 is 0. The average Bonchev–Trinajstić information content (AvgIpc) is 2.73. The van der Waals surface area contributed by atoms with E-state index < -0.39 is 10.0 Å². The van der Waals surface area contributed by atoms with Crippen molar-refractivity contribution < 1.29 is 22.7 Å². The second kappa shape index (κ2) is 11.4. The van der Waals surface area contributed by atoms with Gasteiger partial charge in [0.2, 0.25) is 15.9 Å². The number of amides is 1. The Morgan fingerprint density at radius 1 is 1.03 bits per heavy atom. The van der Waals surface area contributed by atoms with E-state index in [0.29, 0.717) is 24.4 Å². The summed E-state index contributed by atoms with van der Waals surface area (Å²) in [5, 5.41) is 2.89. The molecule has 0 aliphatic carbocycles. The van der Waals surface area contributed by atoms with E-state index in [0.717, 1.165) is 30.4 Å². The number of carbonyl (C=O) groups excluding carboxylic acids is 1. The van der Waals surface area contributed by atoms with Gasteiger partial charge in [-0.1, -0.05) is 24.3 Å². The zero-order valence-corrected chi connectivity index (χ0v) is 18.6. The van der Waals surface area contributed by atoms with Gasteiger partial charge in [-0.15, -0.1) is 0 Å². The Balaban J connectivity index is 1.78. The Bertz CT molecular complexity index is 931. The standard InChI is InChI=1S/C22H30N2O5S/c1-28-20-12-6-11-19(17-20)24(30(3,26)27)16-8-14-22(25)23-15-7-10-18-9-4-5-13-21(18)29-2/h4-6,9,11-13,17H,7-8,10,14-16H2,1-3H3,(H,23,25). The molecule has 0 saturated carbocycles. The predicted octanol–water partition coefficient (Wildman–Crippen LogP) is 3.00. The molecule has 0 bridgehead atoms. The summed E-state index contributed by atoms with van der Waals surface area (Å²) in [5.41, 5.74) is 1.63. The van der Waals surface area contributed by atoms with E-state index >= 15 is 0 Å². The maximum absolute atomic E-state index is 12.2. The van der Waals surface area contributed by atoms with Gasteiger partial charge in [-0.2, -0.15) is 0 Å². The lowest BCUT2D eigenvalue weighted by Gasteiger charge is -2.22. The summed E-state index contributed by atoms with van der Waals surface area (Å²) in [6, 6.07) is 14.7. The van der Waals surface area contributed by atoms with Gasteiger partial charge in [-0.3, -0.25) is 9.10 Å². The first kappa shape index (κ1) is 23.5. The third kappa shape index (κ3) is 7.26. The van der Waals surface area contributed by atoms with Crippen LogP contribution in [0.5, 0.6) is 11.5 Å². The molecule has 0 aliphatic rings. The first-order valence-corrected chi connectivity index (χ1v) is 11.7. The molecule has 2 rings (SSSR count). The smallest absolute Gasteiger partial charge is 0.232 e. The molecule has 0 saturated heterocycles. The van der Waals surface area contributed by atoms with E-state index in [4.69, 9.17) is 9.47 Å². The van der Waals surface area contributed by atoms with Crippen LogP contribution in [0.4, 0.5) is 5.69 Å². The Labute approximate surface area is 179 Å². The Morgan fingerprint density at radius 2 is 1.80 bits per heavy atom. The molecule has 0 spiro atoms. The molecule has 2 aromatic rings. The van der Waals surface area contributed by atoms with E-state index in [1.807, 2.05) is 24.3 Å². The van der Waals surface area contributed by atoms with Crippen LogP contribution in [-0.4, -0.2) is 47.9 Å². The molecule has 164 valence electrons. The number of ether oxygens (including phenoxy) is 2. The van der Waals surface area contributed by atoms with E-state index in [-0.39, 0.29) is 18.9 Å². The summed E-state index contributed by atoms with van der Waals surface area (Å²) < 4.78 is 36.2. The molecule has 8 heteroatoms. The highest BCUT2D eigenvalue weighted by Gasteiger charge is 2.18. The van der Waals surface area contributed by atoms with Crippen molar-refractivity contribution in [1.29, 1.82) is 0 Å². The topological polar surface area (TPSA) is 84.9 Å². The zero-order chi connectivity index (χ0) is 22.0. The monoisotopic (exact) mass is 434 g/mol. The molecule has 0 aromatic heterocycles. The molecule has 0 atom stereocenters. The minimum absolute atomic E-state index is 0.0888. The number of anilines is 1. The van der Waals surface area contributed by atoms with Gasteiger partial charge in [0.25, 0.3) is 0 Å². The number of methoxy groups -OCH3 is 2. The van der Waals surface area contributed by atoms with Gasteiger partial charge in [0, 0.05) is 25.6 Å². The van der Waals surface area contributed by atoms with Crippen molar-refractivity contribution in [3.05, 3.63) is 54.1 Å². The van der Waals surface area contributed by atoms with E-state index in [1.165, 1.54) is 11.4 Å². The Morgan fingerprint density at radius 3 is 2.50 bits per heavy atom. The van der Waals surface area contributed by atoms with Crippen LogP contribution in [0.3, 0.4) is 0 Å². The fourth-order valence-corrected chi connectivity index (χ4v) is 4.10. The molecule has 1 N–H and O–H groups in total. The van der Waals surface area contributed by atoms with Crippen molar-refractivity contribution >= 4 is 21.6 Å². The van der Waals surface area contributed by atoms with Gasteiger partial charge < -0.3 is 14.8 Å². The Kier molecular flexibility index (Phi) is 8.98. The summed E-state index contributed by atoms with van der Waals surface area (Å²) in [7, 11) is -0.290. The summed E-state index contributed by atoms with van der Waals surface area (Å²) in [6.45, 7) is 0.781. The first-order chi connectivity index (χ1) is 14.3. The minimum atomic E-state index is -3.46. The van der Waals surface area contributed by atoms with Gasteiger partial charge in [0.1, 0.15) is 11.5 Å². The SMILES string of the molecule is COc1cccc(N(CCCC(=O)NCCCc2ccccc2OC)S(C)(=O)=O)c1. The quantitative estimate of drug-likeness (QED) is 0.519. The van der Waals surface area contributed by atoms with Crippen LogP contribution in [0.1, 0.15) is 24.8 Å². The number of hydrogen-bond donors (Lipinski definition) is 1. The van der Waals surface area contributed by atoms with Crippen LogP contribution in [0.2, 0.25) is 0 Å². The molecule has 2 aromatic carbocycles. The molecule has 1 amide bonds. The average molecular weight is 435 g/mol. The number of hydrogen-bond acceptors (Lipinski definition) is 5. The van der Waals surface area contributed by atoms with E-state index in [2.05, 4.69) is 5.32 Å². The van der Waals surface area contributed by atoms with Crippen molar-refractivity contribution in [3.63, 3.8) is 0 Å². The van der Waals surface area contributed by atoms with E-state index in [9.17, 15) is 13.2 Å². The highest BCUT2D eigenvalue weighted by molar-refractivity contribution is 7.92. The van der Waals surface area contributed by atoms with E-state index in [1.54, 1.807) is 31.4 Å². The summed E-state index contributed by atoms with van der Waals surface area (Å²) in [6.07, 6.45) is 3.44. The van der Waals surface area contributed by atoms with Crippen LogP contribution in [0.15, 0.2) is 48.5 Å². The van der Waals surface area contributed by atoms with Crippen LogP contribution in [0.25, 0.3) is 0 Å². The highest BCUT2D eigenvalue weighted by Crippen LogP contribution is 2.23. The molecule has 7 nitrogen and oxygen atoms in total. The largest absolute Gasteiger partial charge is 0.497 e. The molecular formula is C22H30N2O5S.